The summed E-state index contributed by atoms with van der Waals surface area (Å²) in [5.41, 5.74) is 0.271. The average molecular weight is 454 g/mol. The minimum atomic E-state index is -1.23. The summed E-state index contributed by atoms with van der Waals surface area (Å²) in [5, 5.41) is 7.93. The number of methoxy groups -OCH3 is 2. The number of ether oxygens (including phenoxy) is 2. The van der Waals surface area contributed by atoms with E-state index in [1.54, 1.807) is 25.1 Å². The van der Waals surface area contributed by atoms with Gasteiger partial charge in [0, 0.05) is 19.0 Å². The van der Waals surface area contributed by atoms with Gasteiger partial charge in [0.25, 0.3) is 5.91 Å². The van der Waals surface area contributed by atoms with E-state index in [2.05, 4.69) is 16.0 Å². The van der Waals surface area contributed by atoms with Crippen molar-refractivity contribution >= 4 is 35.1 Å². The van der Waals surface area contributed by atoms with Crippen LogP contribution < -0.4 is 25.4 Å². The van der Waals surface area contributed by atoms with E-state index >= 15 is 0 Å². The summed E-state index contributed by atoms with van der Waals surface area (Å²) in [4.78, 5) is 50.5. The van der Waals surface area contributed by atoms with Gasteiger partial charge in [-0.3, -0.25) is 19.3 Å². The quantitative estimate of drug-likeness (QED) is 0.525. The molecule has 0 saturated carbocycles. The van der Waals surface area contributed by atoms with Gasteiger partial charge < -0.3 is 25.4 Å². The number of nitrogens with one attached hydrogen (secondary N) is 3. The van der Waals surface area contributed by atoms with Crippen molar-refractivity contribution in [1.82, 2.24) is 10.2 Å². The van der Waals surface area contributed by atoms with Gasteiger partial charge in [-0.25, -0.2) is 4.79 Å². The van der Waals surface area contributed by atoms with Crippen LogP contribution in [0.15, 0.2) is 42.5 Å². The first-order chi connectivity index (χ1) is 15.7. The molecular weight excluding hydrogens is 428 g/mol. The van der Waals surface area contributed by atoms with Crippen LogP contribution in [-0.4, -0.2) is 55.0 Å². The second-order valence-electron chi connectivity index (χ2n) is 7.79. The van der Waals surface area contributed by atoms with Crippen LogP contribution in [0.4, 0.5) is 16.2 Å². The molecule has 2 aromatic carbocycles. The van der Waals surface area contributed by atoms with E-state index in [-0.39, 0.29) is 18.0 Å². The number of carbonyl (C=O) groups excluding carboxylic acids is 4. The van der Waals surface area contributed by atoms with Crippen molar-refractivity contribution in [2.75, 3.05) is 31.4 Å². The second-order valence-corrected chi connectivity index (χ2v) is 7.79. The smallest absolute Gasteiger partial charge is 0.325 e. The highest BCUT2D eigenvalue weighted by Crippen LogP contribution is 2.29. The lowest BCUT2D eigenvalue weighted by molar-refractivity contribution is -0.133. The fourth-order valence-electron chi connectivity index (χ4n) is 3.66. The predicted molar refractivity (Wildman–Crippen MR) is 121 cm³/mol. The van der Waals surface area contributed by atoms with Gasteiger partial charge in [0.2, 0.25) is 11.8 Å². The van der Waals surface area contributed by atoms with Crippen molar-refractivity contribution in [3.8, 4) is 11.5 Å². The van der Waals surface area contributed by atoms with E-state index in [0.717, 1.165) is 10.5 Å². The molecule has 0 bridgehead atoms. The molecule has 2 aromatic rings. The molecule has 1 aliphatic heterocycles. The first-order valence-electron chi connectivity index (χ1n) is 10.2. The van der Waals surface area contributed by atoms with Crippen molar-refractivity contribution in [3.05, 3.63) is 48.0 Å². The molecule has 0 spiro atoms. The zero-order valence-corrected chi connectivity index (χ0v) is 18.9. The second kappa shape index (κ2) is 9.60. The molecule has 1 heterocycles. The van der Waals surface area contributed by atoms with E-state index in [4.69, 9.17) is 9.47 Å². The highest BCUT2D eigenvalue weighted by atomic mass is 16.5. The number of nitrogens with zero attached hydrogens (tertiary/aromatic N) is 1. The van der Waals surface area contributed by atoms with Crippen LogP contribution in [-0.2, 0) is 20.8 Å². The summed E-state index contributed by atoms with van der Waals surface area (Å²) in [7, 11) is 2.96. The lowest BCUT2D eigenvalue weighted by atomic mass is 9.92. The molecule has 3 rings (SSSR count). The Bertz CT molecular complexity index is 1100. The Morgan fingerprint density at radius 2 is 1.73 bits per heavy atom. The van der Waals surface area contributed by atoms with Crippen molar-refractivity contribution in [1.29, 1.82) is 0 Å². The van der Waals surface area contributed by atoms with Crippen molar-refractivity contribution < 1.29 is 28.7 Å². The topological polar surface area (TPSA) is 126 Å². The van der Waals surface area contributed by atoms with Crippen LogP contribution in [0.1, 0.15) is 19.4 Å². The summed E-state index contributed by atoms with van der Waals surface area (Å²) in [5.74, 6) is -0.435. The highest BCUT2D eigenvalue weighted by molar-refractivity contribution is 6.10. The fourth-order valence-corrected chi connectivity index (χ4v) is 3.66. The number of imide groups is 1. The van der Waals surface area contributed by atoms with Gasteiger partial charge in [-0.05, 0) is 36.8 Å². The number of para-hydroxylation sites is 1. The summed E-state index contributed by atoms with van der Waals surface area (Å²) in [6, 6.07) is 11.3. The molecule has 1 atom stereocenters. The average Bonchev–Trinajstić information content (AvgIpc) is 2.96. The normalized spacial score (nSPS) is 17.4. The molecule has 5 amide bonds. The van der Waals surface area contributed by atoms with E-state index in [1.165, 1.54) is 27.2 Å². The first-order valence-corrected chi connectivity index (χ1v) is 10.2. The number of amides is 5. The standard InChI is InChI=1S/C23H26N4O6/c1-14(28)24-16-9-10-19(33-4)17(11-16)25-20(29)13-27-21(30)23(2,26-22(27)31)12-15-7-5-6-8-18(15)32-3/h5-11H,12-13H2,1-4H3,(H,24,28)(H,25,29)(H,26,31)/t23-/m0/s1. The van der Waals surface area contributed by atoms with Crippen LogP contribution >= 0.6 is 0 Å². The third kappa shape index (κ3) is 5.22. The number of rotatable bonds is 8. The summed E-state index contributed by atoms with van der Waals surface area (Å²) in [6.45, 7) is 2.49. The molecule has 1 aliphatic rings. The largest absolute Gasteiger partial charge is 0.496 e. The molecule has 0 aromatic heterocycles. The fraction of sp³-hybridized carbons (Fsp3) is 0.304. The minimum Gasteiger partial charge on any atom is -0.496 e. The molecular formula is C23H26N4O6. The Labute approximate surface area is 191 Å². The molecule has 0 unspecified atom stereocenters. The van der Waals surface area contributed by atoms with Crippen LogP contribution in [0.2, 0.25) is 0 Å². The molecule has 10 nitrogen and oxygen atoms in total. The van der Waals surface area contributed by atoms with Crippen molar-refractivity contribution in [2.24, 2.45) is 0 Å². The monoisotopic (exact) mass is 454 g/mol. The van der Waals surface area contributed by atoms with E-state index in [1.807, 2.05) is 18.2 Å². The van der Waals surface area contributed by atoms with E-state index in [9.17, 15) is 19.2 Å². The molecule has 0 radical (unpaired) electrons. The molecule has 1 fully saturated rings. The number of benzene rings is 2. The van der Waals surface area contributed by atoms with E-state index < -0.39 is 29.9 Å². The zero-order valence-electron chi connectivity index (χ0n) is 18.9. The Morgan fingerprint density at radius 3 is 2.39 bits per heavy atom. The van der Waals surface area contributed by atoms with Crippen molar-refractivity contribution in [2.45, 2.75) is 25.8 Å². The molecule has 1 saturated heterocycles. The Hall–Kier alpha value is -4.08. The summed E-state index contributed by atoms with van der Waals surface area (Å²) >= 11 is 0. The van der Waals surface area contributed by atoms with Gasteiger partial charge in [-0.1, -0.05) is 18.2 Å². The zero-order chi connectivity index (χ0) is 24.2. The molecule has 10 heteroatoms. The SMILES string of the molecule is COc1ccccc1C[C@]1(C)NC(=O)N(CC(=O)Nc2cc(NC(C)=O)ccc2OC)C1=O. The van der Waals surface area contributed by atoms with Gasteiger partial charge >= 0.3 is 6.03 Å². The molecule has 174 valence electrons. The van der Waals surface area contributed by atoms with E-state index in [0.29, 0.717) is 17.2 Å². The van der Waals surface area contributed by atoms with Gasteiger partial charge in [-0.2, -0.15) is 0 Å². The van der Waals surface area contributed by atoms with Gasteiger partial charge in [0.15, 0.2) is 0 Å². The van der Waals surface area contributed by atoms with Gasteiger partial charge in [0.1, 0.15) is 23.6 Å². The Morgan fingerprint density at radius 1 is 1.03 bits per heavy atom. The van der Waals surface area contributed by atoms with Gasteiger partial charge in [-0.15, -0.1) is 0 Å². The summed E-state index contributed by atoms with van der Waals surface area (Å²) < 4.78 is 10.6. The maximum Gasteiger partial charge on any atom is 0.325 e. The Balaban J connectivity index is 1.73. The lowest BCUT2D eigenvalue weighted by Gasteiger charge is -2.22. The number of carbonyl (C=O) groups is 4. The number of urea groups is 1. The first kappa shape index (κ1) is 23.6. The van der Waals surface area contributed by atoms with Crippen LogP contribution in [0, 0.1) is 0 Å². The van der Waals surface area contributed by atoms with Crippen LogP contribution in [0.25, 0.3) is 0 Å². The molecule has 3 N–H and O–H groups in total. The third-order valence-corrected chi connectivity index (χ3v) is 5.18. The van der Waals surface area contributed by atoms with Crippen LogP contribution in [0.5, 0.6) is 11.5 Å². The predicted octanol–water partition coefficient (Wildman–Crippen LogP) is 2.15. The van der Waals surface area contributed by atoms with Crippen molar-refractivity contribution in [3.63, 3.8) is 0 Å². The summed E-state index contributed by atoms with van der Waals surface area (Å²) in [6.07, 6.45) is 0.201. The maximum atomic E-state index is 13.1. The highest BCUT2D eigenvalue weighted by Gasteiger charge is 2.48. The van der Waals surface area contributed by atoms with Crippen LogP contribution in [0.3, 0.4) is 0 Å². The number of anilines is 2. The number of hydrogen-bond donors (Lipinski definition) is 3. The molecule has 0 aliphatic carbocycles. The maximum absolute atomic E-state index is 13.1. The number of hydrogen-bond acceptors (Lipinski definition) is 6. The molecule has 33 heavy (non-hydrogen) atoms. The minimum absolute atomic E-state index is 0.201. The Kier molecular flexibility index (Phi) is 6.86. The van der Waals surface area contributed by atoms with Gasteiger partial charge in [0.05, 0.1) is 19.9 Å². The third-order valence-electron chi connectivity index (χ3n) is 5.18. The lowest BCUT2D eigenvalue weighted by Crippen LogP contribution is -2.46.